The Morgan fingerprint density at radius 2 is 1.58 bits per heavy atom. The average molecular weight is 954 g/mol. The molecule has 0 bridgehead atoms. The zero-order chi connectivity index (χ0) is 46.6. The molecule has 0 aromatic heterocycles. The topological polar surface area (TPSA) is 255 Å². The molecule has 17 nitrogen and oxygen atoms in total. The smallest absolute Gasteiger partial charge is 0.416 e. The number of methoxy groups -OCH3 is 1. The molecule has 0 aliphatic carbocycles. The SMILES string of the molecule is CCc1cccc(CC)c1N(COC)C(=O)CCl.CS(=O)(=O)NC(=O)c1cc(Oc2ccc(C(F)(F)F)cc2Cl)ccc1[N+](=O)[O-].C[S+](C)C.O=C(O)CNCP(=O)([O-])O. The number of aryl methyl sites for hydroxylation is 2. The van der Waals surface area contributed by atoms with Gasteiger partial charge in [0.05, 0.1) is 59.1 Å². The van der Waals surface area contributed by atoms with Crippen molar-refractivity contribution in [1.82, 2.24) is 10.0 Å². The minimum absolute atomic E-state index is 0.0371. The lowest BCUT2D eigenvalue weighted by molar-refractivity contribution is -0.385. The highest BCUT2D eigenvalue weighted by Gasteiger charge is 2.31. The summed E-state index contributed by atoms with van der Waals surface area (Å²) in [6.45, 7) is 3.91. The highest BCUT2D eigenvalue weighted by Crippen LogP contribution is 2.37. The van der Waals surface area contributed by atoms with Crippen LogP contribution in [0, 0.1) is 10.1 Å². The number of nitrogens with one attached hydrogen (secondary N) is 2. The van der Waals surface area contributed by atoms with Gasteiger partial charge in [-0.1, -0.05) is 43.6 Å². The second kappa shape index (κ2) is 26.4. The summed E-state index contributed by atoms with van der Waals surface area (Å²) in [5.41, 5.74) is 0.898. The molecule has 0 spiro atoms. The summed E-state index contributed by atoms with van der Waals surface area (Å²) in [6, 6.07) is 11.2. The first-order valence-electron chi connectivity index (χ1n) is 16.9. The van der Waals surface area contributed by atoms with Crippen molar-refractivity contribution in [1.29, 1.82) is 0 Å². The van der Waals surface area contributed by atoms with Gasteiger partial charge in [-0.15, -0.1) is 11.6 Å². The molecule has 0 fully saturated rings. The predicted molar refractivity (Wildman–Crippen MR) is 223 cm³/mol. The summed E-state index contributed by atoms with van der Waals surface area (Å²) >= 11 is 11.4. The molecule has 0 saturated carbocycles. The lowest BCUT2D eigenvalue weighted by atomic mass is 10.0. The number of rotatable bonds is 15. The number of ether oxygens (including phenoxy) is 2. The maximum Gasteiger partial charge on any atom is 0.416 e. The third kappa shape index (κ3) is 22.0. The number of nitrogens with zero attached hydrogens (tertiary/aromatic N) is 2. The van der Waals surface area contributed by atoms with Crippen LogP contribution >= 0.6 is 30.8 Å². The Morgan fingerprint density at radius 1 is 1.03 bits per heavy atom. The van der Waals surface area contributed by atoms with Crippen LogP contribution in [0.1, 0.15) is 40.9 Å². The quantitative estimate of drug-likeness (QED) is 0.0372. The molecule has 3 rings (SSSR count). The number of nitro benzene ring substituents is 1. The molecular weight excluding hydrogens is 907 g/mol. The van der Waals surface area contributed by atoms with Gasteiger partial charge >= 0.3 is 12.1 Å². The van der Waals surface area contributed by atoms with Crippen molar-refractivity contribution in [2.45, 2.75) is 32.9 Å². The first kappa shape index (κ1) is 56.0. The van der Waals surface area contributed by atoms with Crippen molar-refractivity contribution in [3.05, 3.63) is 92.0 Å². The number of nitro groups is 1. The normalized spacial score (nSPS) is 11.9. The number of hydrogen-bond donors (Lipinski definition) is 4. The molecule has 0 radical (unpaired) electrons. The number of carbonyl (C=O) groups excluding carboxylic acids is 2. The molecule has 25 heteroatoms. The first-order valence-corrected chi connectivity index (χ1v) is 23.9. The average Bonchev–Trinajstić information content (AvgIpc) is 3.12. The number of sulfonamides is 1. The van der Waals surface area contributed by atoms with E-state index in [1.807, 2.05) is 23.5 Å². The number of carbonyl (C=O) groups is 3. The number of halogens is 5. The molecule has 4 N–H and O–H groups in total. The molecule has 1 unspecified atom stereocenters. The fraction of sp³-hybridized carbons (Fsp3) is 0.400. The highest BCUT2D eigenvalue weighted by atomic mass is 35.5. The standard InChI is InChI=1S/C15H10ClF3N2O6S.C14H20ClNO2.C3H8NO5P.C3H9S/c1-28(25,26)20-14(22)10-7-9(3-4-12(10)21(23)24)27-13-5-2-8(6-11(13)16)15(17,18)19;1-4-11-7-6-8-12(5-2)14(11)16(10-18-3)13(17)9-15;5-3(6)1-4-2-10(7,8)9;1-4(2)3/h2-7H,1H3,(H,20,22);6-8H,4-5,9-10H2,1-3H3;4H,1-2H2,(H,5,6)(H2,7,8,9);1-3H3/q;;;+1/p-1. The van der Waals surface area contributed by atoms with Crippen molar-refractivity contribution in [2.75, 3.05) is 62.5 Å². The molecule has 1 atom stereocenters. The van der Waals surface area contributed by atoms with E-state index in [9.17, 15) is 55.5 Å². The van der Waals surface area contributed by atoms with Gasteiger partial charge in [-0.05, 0) is 59.1 Å². The maximum absolute atomic E-state index is 12.7. The van der Waals surface area contributed by atoms with Crippen LogP contribution in [0.3, 0.4) is 0 Å². The van der Waals surface area contributed by atoms with Crippen molar-refractivity contribution < 1.29 is 69.8 Å². The summed E-state index contributed by atoms with van der Waals surface area (Å²) in [5.74, 6) is -3.02. The second-order valence-electron chi connectivity index (χ2n) is 12.2. The number of anilines is 1. The van der Waals surface area contributed by atoms with Gasteiger partial charge in [0.15, 0.2) is 0 Å². The summed E-state index contributed by atoms with van der Waals surface area (Å²) < 4.78 is 82.3. The predicted octanol–water partition coefficient (Wildman–Crippen LogP) is 5.39. The third-order valence-corrected chi connectivity index (χ3v) is 8.37. The molecule has 336 valence electrons. The van der Waals surface area contributed by atoms with Gasteiger partial charge in [-0.25, -0.2) is 13.1 Å². The maximum atomic E-state index is 12.7. The Hall–Kier alpha value is -3.99. The van der Waals surface area contributed by atoms with Gasteiger partial charge < -0.3 is 28.9 Å². The van der Waals surface area contributed by atoms with E-state index >= 15 is 0 Å². The van der Waals surface area contributed by atoms with Crippen LogP contribution < -0.4 is 24.6 Å². The van der Waals surface area contributed by atoms with Crippen LogP contribution in [0.5, 0.6) is 11.5 Å². The van der Waals surface area contributed by atoms with Gasteiger partial charge in [-0.3, -0.25) is 34.7 Å². The Morgan fingerprint density at radius 3 is 1.98 bits per heavy atom. The van der Waals surface area contributed by atoms with Gasteiger partial charge in [0.2, 0.25) is 15.9 Å². The number of alkyl halides is 4. The molecule has 0 aliphatic rings. The van der Waals surface area contributed by atoms with Crippen LogP contribution in [0.4, 0.5) is 24.5 Å². The number of benzene rings is 3. The fourth-order valence-corrected chi connectivity index (χ4v) is 5.56. The zero-order valence-corrected chi connectivity index (χ0v) is 37.4. The molecule has 0 heterocycles. The van der Waals surface area contributed by atoms with E-state index in [-0.39, 0.29) is 30.0 Å². The Bertz CT molecular complexity index is 2050. The third-order valence-electron chi connectivity index (χ3n) is 6.67. The minimum Gasteiger partial charge on any atom is -0.778 e. The van der Waals surface area contributed by atoms with Crippen molar-refractivity contribution >= 4 is 80.9 Å². The summed E-state index contributed by atoms with van der Waals surface area (Å²) in [6.07, 6.45) is 3.68. The van der Waals surface area contributed by atoms with E-state index in [1.54, 1.807) is 16.7 Å². The number of aliphatic carboxylic acids is 1. The van der Waals surface area contributed by atoms with E-state index in [4.69, 9.17) is 42.7 Å². The summed E-state index contributed by atoms with van der Waals surface area (Å²) in [4.78, 5) is 63.5. The lowest BCUT2D eigenvalue weighted by Crippen LogP contribution is -2.35. The molecule has 60 heavy (non-hydrogen) atoms. The van der Waals surface area contributed by atoms with Gasteiger partial charge in [0.1, 0.15) is 37.3 Å². The zero-order valence-electron chi connectivity index (χ0n) is 33.4. The Balaban J connectivity index is 0.000000925. The van der Waals surface area contributed by atoms with Gasteiger partial charge in [-0.2, -0.15) is 13.2 Å². The van der Waals surface area contributed by atoms with Crippen LogP contribution in [-0.4, -0.2) is 98.7 Å². The lowest BCUT2D eigenvalue weighted by Gasteiger charge is -2.26. The van der Waals surface area contributed by atoms with Gasteiger partial charge in [0, 0.05) is 19.2 Å². The van der Waals surface area contributed by atoms with Crippen molar-refractivity contribution in [3.8, 4) is 11.5 Å². The largest absolute Gasteiger partial charge is 0.778 e. The molecule has 0 aliphatic heterocycles. The number of carboxylic acids is 1. The van der Waals surface area contributed by atoms with Gasteiger partial charge in [0.25, 0.3) is 11.6 Å². The van der Waals surface area contributed by atoms with E-state index in [0.29, 0.717) is 29.3 Å². The highest BCUT2D eigenvalue weighted by molar-refractivity contribution is 7.94. The Kier molecular flexibility index (Phi) is 24.6. The van der Waals surface area contributed by atoms with E-state index < -0.39 is 75.3 Å². The minimum atomic E-state index is -4.62. The Labute approximate surface area is 358 Å². The van der Waals surface area contributed by atoms with Crippen molar-refractivity contribution in [3.63, 3.8) is 0 Å². The van der Waals surface area contributed by atoms with Crippen molar-refractivity contribution in [2.24, 2.45) is 0 Å². The van der Waals surface area contributed by atoms with E-state index in [2.05, 4.69) is 32.6 Å². The van der Waals surface area contributed by atoms with Crippen LogP contribution in [0.2, 0.25) is 5.02 Å². The number of carboxylic acid groups (broad SMARTS) is 1. The first-order chi connectivity index (χ1) is 27.6. The number of hydrogen-bond acceptors (Lipinski definition) is 12. The number of para-hydroxylation sites is 1. The summed E-state index contributed by atoms with van der Waals surface area (Å²) in [7, 11) is -6.13. The second-order valence-corrected chi connectivity index (χ2v) is 18.7. The van der Waals surface area contributed by atoms with Crippen LogP contribution in [0.15, 0.2) is 54.6 Å². The molecule has 3 aromatic carbocycles. The van der Waals surface area contributed by atoms with E-state index in [1.165, 1.54) is 0 Å². The van der Waals surface area contributed by atoms with Crippen LogP contribution in [0.25, 0.3) is 0 Å². The number of amides is 2. The van der Waals surface area contributed by atoms with E-state index in [0.717, 1.165) is 53.9 Å². The molecule has 0 saturated heterocycles. The monoisotopic (exact) mass is 952 g/mol. The molecule has 3 aromatic rings. The summed E-state index contributed by atoms with van der Waals surface area (Å²) in [5, 5.41) is 20.6. The fourth-order valence-electron chi connectivity index (χ4n) is 4.36. The molecular formula is C35H46Cl2F3N4O13PS2. The molecule has 2 amide bonds. The van der Waals surface area contributed by atoms with Crippen LogP contribution in [-0.2, 0) is 58.8 Å².